The highest BCUT2D eigenvalue weighted by atomic mass is 35.5. The predicted octanol–water partition coefficient (Wildman–Crippen LogP) is 7.18. The van der Waals surface area contributed by atoms with Gasteiger partial charge in [-0.1, -0.05) is 41.9 Å². The Hall–Kier alpha value is -3.17. The molecule has 0 N–H and O–H groups in total. The van der Waals surface area contributed by atoms with Gasteiger partial charge in [-0.15, -0.1) is 0 Å². The van der Waals surface area contributed by atoms with E-state index in [9.17, 15) is 0 Å². The molecule has 4 aromatic rings. The molecule has 0 bridgehead atoms. The van der Waals surface area contributed by atoms with Crippen LogP contribution < -0.4 is 0 Å². The molecule has 1 heterocycles. The van der Waals surface area contributed by atoms with Crippen molar-refractivity contribution in [2.75, 3.05) is 0 Å². The molecule has 4 rings (SSSR count). The lowest BCUT2D eigenvalue weighted by Crippen LogP contribution is -1.84. The van der Waals surface area contributed by atoms with Crippen LogP contribution in [-0.2, 0) is 0 Å². The van der Waals surface area contributed by atoms with Crippen molar-refractivity contribution in [3.8, 4) is 11.5 Å². The van der Waals surface area contributed by atoms with Crippen molar-refractivity contribution in [3.63, 3.8) is 0 Å². The van der Waals surface area contributed by atoms with E-state index in [2.05, 4.69) is 9.98 Å². The van der Waals surface area contributed by atoms with Gasteiger partial charge in [-0.3, -0.25) is 4.99 Å². The summed E-state index contributed by atoms with van der Waals surface area (Å²) < 4.78 is 5.95. The van der Waals surface area contributed by atoms with Crippen molar-refractivity contribution < 1.29 is 4.42 Å². The number of nitrogens with zero attached hydrogens (tertiary/aromatic N) is 2. The molecule has 0 atom stereocenters. The zero-order chi connectivity index (χ0) is 19.5. The second-order valence-electron chi connectivity index (χ2n) is 6.63. The summed E-state index contributed by atoms with van der Waals surface area (Å²) in [5.74, 6) is 0.617. The monoisotopic (exact) mass is 386 g/mol. The average Bonchev–Trinajstić information content (AvgIpc) is 3.10. The summed E-state index contributed by atoms with van der Waals surface area (Å²) in [6, 6.07) is 19.6. The number of allylic oxidation sites excluding steroid dienone is 1. The van der Waals surface area contributed by atoms with Crippen LogP contribution in [0.4, 0.5) is 5.69 Å². The minimum atomic E-state index is 0.617. The van der Waals surface area contributed by atoms with Gasteiger partial charge in [0.15, 0.2) is 5.58 Å². The van der Waals surface area contributed by atoms with Gasteiger partial charge >= 0.3 is 0 Å². The number of rotatable bonds is 4. The number of oxazole rings is 1. The molecule has 0 saturated carbocycles. The molecule has 0 saturated heterocycles. The van der Waals surface area contributed by atoms with Gasteiger partial charge < -0.3 is 4.42 Å². The number of aliphatic imine (C=N–C) groups is 1. The van der Waals surface area contributed by atoms with Crippen molar-refractivity contribution in [2.24, 2.45) is 4.99 Å². The van der Waals surface area contributed by atoms with Crippen LogP contribution >= 0.6 is 11.6 Å². The zero-order valence-corrected chi connectivity index (χ0v) is 16.4. The van der Waals surface area contributed by atoms with Crippen molar-refractivity contribution in [3.05, 3.63) is 88.5 Å². The maximum Gasteiger partial charge on any atom is 0.227 e. The van der Waals surface area contributed by atoms with Crippen LogP contribution in [0.5, 0.6) is 0 Å². The topological polar surface area (TPSA) is 38.4 Å². The summed E-state index contributed by atoms with van der Waals surface area (Å²) in [5.41, 5.74) is 6.76. The third-order valence-electron chi connectivity index (χ3n) is 4.54. The second-order valence-corrected chi connectivity index (χ2v) is 7.07. The summed E-state index contributed by atoms with van der Waals surface area (Å²) in [4.78, 5) is 9.23. The number of hydrogen-bond acceptors (Lipinski definition) is 3. The average molecular weight is 387 g/mol. The van der Waals surface area contributed by atoms with Gasteiger partial charge in [0.05, 0.1) is 5.69 Å². The molecule has 0 unspecified atom stereocenters. The third kappa shape index (κ3) is 3.90. The van der Waals surface area contributed by atoms with Gasteiger partial charge in [0.1, 0.15) is 5.52 Å². The lowest BCUT2D eigenvalue weighted by molar-refractivity contribution is 0.619. The molecule has 4 heteroatoms. The van der Waals surface area contributed by atoms with Crippen LogP contribution in [0.2, 0.25) is 5.02 Å². The van der Waals surface area contributed by atoms with E-state index >= 15 is 0 Å². The fourth-order valence-corrected chi connectivity index (χ4v) is 3.13. The summed E-state index contributed by atoms with van der Waals surface area (Å²) >= 11 is 5.91. The molecule has 0 spiro atoms. The van der Waals surface area contributed by atoms with E-state index in [-0.39, 0.29) is 0 Å². The van der Waals surface area contributed by atoms with E-state index < -0.39 is 0 Å². The Bertz CT molecular complexity index is 1190. The fraction of sp³-hybridized carbons (Fsp3) is 0.0833. The van der Waals surface area contributed by atoms with Crippen LogP contribution in [0.1, 0.15) is 16.7 Å². The molecule has 0 fully saturated rings. The maximum atomic E-state index is 5.95. The second kappa shape index (κ2) is 7.83. The summed E-state index contributed by atoms with van der Waals surface area (Å²) in [6.07, 6.45) is 5.69. The molecule has 0 radical (unpaired) electrons. The molecular weight excluding hydrogens is 368 g/mol. The third-order valence-corrected chi connectivity index (χ3v) is 4.79. The van der Waals surface area contributed by atoms with Crippen molar-refractivity contribution in [1.82, 2.24) is 4.98 Å². The number of hydrogen-bond donors (Lipinski definition) is 0. The molecule has 0 amide bonds. The summed E-state index contributed by atoms with van der Waals surface area (Å²) in [7, 11) is 0. The molecule has 0 aliphatic carbocycles. The van der Waals surface area contributed by atoms with Gasteiger partial charge in [-0.2, -0.15) is 0 Å². The summed E-state index contributed by atoms with van der Waals surface area (Å²) in [5, 5.41) is 0.729. The summed E-state index contributed by atoms with van der Waals surface area (Å²) in [6.45, 7) is 4.08. The minimum absolute atomic E-state index is 0.617. The highest BCUT2D eigenvalue weighted by Crippen LogP contribution is 2.31. The standard InChI is InChI=1S/C24H19ClN2O/c1-16-8-13-23-22(15-16)27-24(28-23)20-6-3-7-21(17(20)2)26-14-4-5-18-9-11-19(25)12-10-18/h3-15H,1-2H3/b5-4+,26-14?. The SMILES string of the molecule is Cc1ccc2oc(-c3cccc(N=C/C=C/c4ccc(Cl)cc4)c3C)nc2c1. The van der Waals surface area contributed by atoms with Crippen LogP contribution in [-0.4, -0.2) is 11.2 Å². The first-order valence-corrected chi connectivity index (χ1v) is 9.41. The largest absolute Gasteiger partial charge is 0.436 e. The normalized spacial score (nSPS) is 11.8. The van der Waals surface area contributed by atoms with E-state index in [1.54, 1.807) is 6.21 Å². The van der Waals surface area contributed by atoms with Gasteiger partial charge in [-0.05, 0) is 73.0 Å². The quantitative estimate of drug-likeness (QED) is 0.348. The molecule has 3 nitrogen and oxygen atoms in total. The first kappa shape index (κ1) is 18.2. The van der Waals surface area contributed by atoms with Crippen LogP contribution in [0.25, 0.3) is 28.6 Å². The van der Waals surface area contributed by atoms with Crippen molar-refractivity contribution in [2.45, 2.75) is 13.8 Å². The Labute approximate surface area is 169 Å². The molecule has 138 valence electrons. The number of aryl methyl sites for hydroxylation is 1. The van der Waals surface area contributed by atoms with E-state index in [4.69, 9.17) is 16.0 Å². The van der Waals surface area contributed by atoms with Gasteiger partial charge in [0.25, 0.3) is 0 Å². The number of benzene rings is 3. The van der Waals surface area contributed by atoms with Crippen molar-refractivity contribution in [1.29, 1.82) is 0 Å². The minimum Gasteiger partial charge on any atom is -0.436 e. The lowest BCUT2D eigenvalue weighted by Gasteiger charge is -2.04. The smallest absolute Gasteiger partial charge is 0.227 e. The molecule has 28 heavy (non-hydrogen) atoms. The Kier molecular flexibility index (Phi) is 5.09. The number of fused-ring (bicyclic) bond motifs is 1. The lowest BCUT2D eigenvalue weighted by atomic mass is 10.1. The molecular formula is C24H19ClN2O. The van der Waals surface area contributed by atoms with Crippen molar-refractivity contribution >= 4 is 40.7 Å². The molecule has 1 aromatic heterocycles. The van der Waals surface area contributed by atoms with E-state index in [1.807, 2.05) is 86.7 Å². The molecule has 0 aliphatic heterocycles. The van der Waals surface area contributed by atoms with Crippen LogP contribution in [0.15, 0.2) is 76.1 Å². The Morgan fingerprint density at radius 2 is 1.82 bits per heavy atom. The Morgan fingerprint density at radius 3 is 2.64 bits per heavy atom. The van der Waals surface area contributed by atoms with E-state index in [0.29, 0.717) is 5.89 Å². The zero-order valence-electron chi connectivity index (χ0n) is 15.7. The van der Waals surface area contributed by atoms with Gasteiger partial charge in [0, 0.05) is 16.8 Å². The van der Waals surface area contributed by atoms with Crippen LogP contribution in [0.3, 0.4) is 0 Å². The number of aromatic nitrogens is 1. The van der Waals surface area contributed by atoms with E-state index in [1.165, 1.54) is 0 Å². The fourth-order valence-electron chi connectivity index (χ4n) is 3.00. The van der Waals surface area contributed by atoms with Gasteiger partial charge in [-0.25, -0.2) is 4.98 Å². The van der Waals surface area contributed by atoms with Gasteiger partial charge in [0.2, 0.25) is 5.89 Å². The molecule has 3 aromatic carbocycles. The Balaban J connectivity index is 1.59. The Morgan fingerprint density at radius 1 is 1.00 bits per heavy atom. The first-order valence-electron chi connectivity index (χ1n) is 9.04. The first-order chi connectivity index (χ1) is 13.6. The number of halogens is 1. The van der Waals surface area contributed by atoms with Crippen LogP contribution in [0, 0.1) is 13.8 Å². The molecule has 0 aliphatic rings. The predicted molar refractivity (Wildman–Crippen MR) is 118 cm³/mol. The van der Waals surface area contributed by atoms with E-state index in [0.717, 1.165) is 44.1 Å². The maximum absolute atomic E-state index is 5.95. The highest BCUT2D eigenvalue weighted by Gasteiger charge is 2.12. The highest BCUT2D eigenvalue weighted by molar-refractivity contribution is 6.30.